The molecule has 4 nitrogen and oxygen atoms in total. The van der Waals surface area contributed by atoms with E-state index in [-0.39, 0.29) is 0 Å². The molecule has 0 spiro atoms. The van der Waals surface area contributed by atoms with Gasteiger partial charge in [-0.2, -0.15) is 0 Å². The molecule has 1 heterocycles. The lowest BCUT2D eigenvalue weighted by molar-refractivity contribution is 0.0692. The lowest BCUT2D eigenvalue weighted by Crippen LogP contribution is -1.99. The molecule has 0 fully saturated rings. The van der Waals surface area contributed by atoms with E-state index in [0.717, 1.165) is 6.07 Å². The van der Waals surface area contributed by atoms with Crippen LogP contribution in [0.25, 0.3) is 22.4 Å². The predicted molar refractivity (Wildman–Crippen MR) is 78.5 cm³/mol. The molecule has 3 aromatic rings. The summed E-state index contributed by atoms with van der Waals surface area (Å²) in [5.74, 6) is -1.74. The van der Waals surface area contributed by atoms with Gasteiger partial charge in [-0.25, -0.2) is 14.2 Å². The zero-order valence-electron chi connectivity index (χ0n) is 10.3. The summed E-state index contributed by atoms with van der Waals surface area (Å²) in [4.78, 5) is 18.1. The third-order valence-electron chi connectivity index (χ3n) is 2.94. The lowest BCUT2D eigenvalue weighted by Gasteiger charge is -1.98. The van der Waals surface area contributed by atoms with Gasteiger partial charge >= 0.3 is 5.97 Å². The first-order valence-corrected chi connectivity index (χ1v) is 6.58. The van der Waals surface area contributed by atoms with Crippen LogP contribution in [0.1, 0.15) is 10.4 Å². The van der Waals surface area contributed by atoms with E-state index in [2.05, 4.69) is 9.97 Å². The Balaban J connectivity index is 2.19. The van der Waals surface area contributed by atoms with Gasteiger partial charge in [0.15, 0.2) is 0 Å². The molecule has 0 amide bonds. The fraction of sp³-hybridized carbons (Fsp3) is 0. The van der Waals surface area contributed by atoms with Crippen molar-refractivity contribution in [2.45, 2.75) is 0 Å². The summed E-state index contributed by atoms with van der Waals surface area (Å²) in [6.45, 7) is 0. The summed E-state index contributed by atoms with van der Waals surface area (Å²) in [6.07, 6.45) is 0. The topological polar surface area (TPSA) is 66.0 Å². The van der Waals surface area contributed by atoms with Crippen molar-refractivity contribution in [3.05, 3.63) is 51.8 Å². The van der Waals surface area contributed by atoms with Gasteiger partial charge < -0.3 is 10.1 Å². The Bertz CT molecular complexity index is 857. The molecule has 0 aliphatic rings. The molecule has 0 saturated heterocycles. The summed E-state index contributed by atoms with van der Waals surface area (Å²) in [7, 11) is 0. The van der Waals surface area contributed by atoms with Crippen molar-refractivity contribution >= 4 is 40.2 Å². The van der Waals surface area contributed by atoms with Gasteiger partial charge in [0.25, 0.3) is 0 Å². The van der Waals surface area contributed by atoms with Gasteiger partial charge in [-0.15, -0.1) is 0 Å². The third-order valence-corrected chi connectivity index (χ3v) is 3.37. The first-order chi connectivity index (χ1) is 9.94. The highest BCUT2D eigenvalue weighted by atomic mass is 35.5. The number of benzene rings is 2. The van der Waals surface area contributed by atoms with Gasteiger partial charge in [0.05, 0.1) is 16.6 Å². The standard InChI is InChI=1S/C14H7Cl2FN2O2/c15-7-1-6(2-8(16)3-7)13-18-11-4-9(14(20)21)10(17)5-12(11)19-13/h1-5H,(H,18,19)(H,20,21). The second-order valence-electron chi connectivity index (χ2n) is 4.40. The second-order valence-corrected chi connectivity index (χ2v) is 5.27. The largest absolute Gasteiger partial charge is 0.478 e. The normalized spacial score (nSPS) is 11.0. The molecule has 0 saturated carbocycles. The number of nitrogens with one attached hydrogen (secondary N) is 1. The van der Waals surface area contributed by atoms with E-state index < -0.39 is 17.3 Å². The van der Waals surface area contributed by atoms with Crippen molar-refractivity contribution in [2.24, 2.45) is 0 Å². The molecule has 1 aromatic heterocycles. The van der Waals surface area contributed by atoms with Gasteiger partial charge in [0, 0.05) is 21.7 Å². The molecule has 0 radical (unpaired) electrons. The van der Waals surface area contributed by atoms with E-state index in [1.807, 2.05) is 0 Å². The number of hydrogen-bond donors (Lipinski definition) is 2. The smallest absolute Gasteiger partial charge is 0.338 e. The van der Waals surface area contributed by atoms with Crippen molar-refractivity contribution in [1.82, 2.24) is 9.97 Å². The fourth-order valence-electron chi connectivity index (χ4n) is 2.02. The van der Waals surface area contributed by atoms with E-state index >= 15 is 0 Å². The summed E-state index contributed by atoms with van der Waals surface area (Å²) >= 11 is 11.9. The van der Waals surface area contributed by atoms with Crippen LogP contribution in [0.15, 0.2) is 30.3 Å². The molecule has 0 unspecified atom stereocenters. The van der Waals surface area contributed by atoms with Gasteiger partial charge in [0.2, 0.25) is 0 Å². The van der Waals surface area contributed by atoms with Crippen LogP contribution in [0.3, 0.4) is 0 Å². The SMILES string of the molecule is O=C(O)c1cc2nc(-c3cc(Cl)cc(Cl)c3)[nH]c2cc1F. The molecular weight excluding hydrogens is 318 g/mol. The Morgan fingerprint density at radius 1 is 1.14 bits per heavy atom. The molecule has 0 bridgehead atoms. The maximum atomic E-state index is 13.6. The molecule has 0 aliphatic heterocycles. The van der Waals surface area contributed by atoms with E-state index in [1.165, 1.54) is 6.07 Å². The van der Waals surface area contributed by atoms with Gasteiger partial charge in [-0.05, 0) is 24.3 Å². The Morgan fingerprint density at radius 2 is 1.81 bits per heavy atom. The lowest BCUT2D eigenvalue weighted by atomic mass is 10.2. The number of imidazole rings is 1. The zero-order chi connectivity index (χ0) is 15.1. The van der Waals surface area contributed by atoms with E-state index in [1.54, 1.807) is 18.2 Å². The molecule has 106 valence electrons. The van der Waals surface area contributed by atoms with Crippen molar-refractivity contribution < 1.29 is 14.3 Å². The highest BCUT2D eigenvalue weighted by molar-refractivity contribution is 6.35. The average Bonchev–Trinajstić information content (AvgIpc) is 2.79. The van der Waals surface area contributed by atoms with Crippen molar-refractivity contribution in [1.29, 1.82) is 0 Å². The molecule has 2 N–H and O–H groups in total. The highest BCUT2D eigenvalue weighted by Gasteiger charge is 2.15. The summed E-state index contributed by atoms with van der Waals surface area (Å²) in [5, 5.41) is 9.79. The Morgan fingerprint density at radius 3 is 2.43 bits per heavy atom. The number of aromatic carboxylic acids is 1. The van der Waals surface area contributed by atoms with Crippen molar-refractivity contribution in [3.8, 4) is 11.4 Å². The van der Waals surface area contributed by atoms with Crippen molar-refractivity contribution in [2.75, 3.05) is 0 Å². The first-order valence-electron chi connectivity index (χ1n) is 5.83. The van der Waals surface area contributed by atoms with Crippen LogP contribution in [0.2, 0.25) is 10.0 Å². The third kappa shape index (κ3) is 2.57. The first kappa shape index (κ1) is 13.9. The highest BCUT2D eigenvalue weighted by Crippen LogP contribution is 2.27. The van der Waals surface area contributed by atoms with Crippen LogP contribution >= 0.6 is 23.2 Å². The Hall–Kier alpha value is -2.11. The van der Waals surface area contributed by atoms with E-state index in [4.69, 9.17) is 28.3 Å². The number of hydrogen-bond acceptors (Lipinski definition) is 2. The molecule has 0 atom stereocenters. The number of rotatable bonds is 2. The second kappa shape index (κ2) is 5.02. The van der Waals surface area contributed by atoms with Crippen molar-refractivity contribution in [3.63, 3.8) is 0 Å². The number of nitrogens with zero attached hydrogens (tertiary/aromatic N) is 1. The van der Waals surface area contributed by atoms with Gasteiger partial charge in [-0.1, -0.05) is 23.2 Å². The number of aromatic nitrogens is 2. The number of H-pyrrole nitrogens is 1. The van der Waals surface area contributed by atoms with E-state index in [0.29, 0.717) is 32.5 Å². The Labute approximate surface area is 128 Å². The summed E-state index contributed by atoms with van der Waals surface area (Å²) in [5.41, 5.74) is 0.939. The monoisotopic (exact) mass is 324 g/mol. The maximum absolute atomic E-state index is 13.6. The predicted octanol–water partition coefficient (Wildman–Crippen LogP) is 4.37. The van der Waals surface area contributed by atoms with Gasteiger partial charge in [-0.3, -0.25) is 0 Å². The van der Waals surface area contributed by atoms with Crippen LogP contribution in [0.4, 0.5) is 4.39 Å². The number of carboxylic acids is 1. The average molecular weight is 325 g/mol. The van der Waals surface area contributed by atoms with Crippen LogP contribution in [-0.2, 0) is 0 Å². The van der Waals surface area contributed by atoms with E-state index in [9.17, 15) is 9.18 Å². The number of aromatic amines is 1. The maximum Gasteiger partial charge on any atom is 0.338 e. The van der Waals surface area contributed by atoms with Crippen LogP contribution in [-0.4, -0.2) is 21.0 Å². The molecule has 3 rings (SSSR count). The fourth-order valence-corrected chi connectivity index (χ4v) is 2.55. The Kier molecular flexibility index (Phi) is 3.31. The van der Waals surface area contributed by atoms with Crippen LogP contribution in [0, 0.1) is 5.82 Å². The minimum absolute atomic E-state index is 0.347. The number of carbonyl (C=O) groups is 1. The summed E-state index contributed by atoms with van der Waals surface area (Å²) < 4.78 is 13.6. The molecular formula is C14H7Cl2FN2O2. The number of halogens is 3. The minimum atomic E-state index is -1.34. The molecule has 2 aromatic carbocycles. The van der Waals surface area contributed by atoms with Crippen LogP contribution < -0.4 is 0 Å². The van der Waals surface area contributed by atoms with Crippen LogP contribution in [0.5, 0.6) is 0 Å². The number of carboxylic acid groups (broad SMARTS) is 1. The molecule has 21 heavy (non-hydrogen) atoms. The zero-order valence-corrected chi connectivity index (χ0v) is 11.8. The molecule has 7 heteroatoms. The minimum Gasteiger partial charge on any atom is -0.478 e. The quantitative estimate of drug-likeness (QED) is 0.735. The van der Waals surface area contributed by atoms with Gasteiger partial charge in [0.1, 0.15) is 11.6 Å². The number of fused-ring (bicyclic) bond motifs is 1. The summed E-state index contributed by atoms with van der Waals surface area (Å²) in [6, 6.07) is 7.16. The molecule has 0 aliphatic carbocycles.